The summed E-state index contributed by atoms with van der Waals surface area (Å²) in [6.45, 7) is 0.742. The fourth-order valence-corrected chi connectivity index (χ4v) is 1.83. The van der Waals surface area contributed by atoms with Gasteiger partial charge in [-0.3, -0.25) is 24.0 Å². The molecule has 0 radical (unpaired) electrons. The highest BCUT2D eigenvalue weighted by atomic mass is 32.1. The summed E-state index contributed by atoms with van der Waals surface area (Å²) in [5.74, 6) is -4.57. The van der Waals surface area contributed by atoms with Crippen LogP contribution in [0.4, 0.5) is 0 Å². The van der Waals surface area contributed by atoms with Crippen molar-refractivity contribution in [3.63, 3.8) is 0 Å². The molecule has 0 heterocycles. The van der Waals surface area contributed by atoms with Crippen LogP contribution in [0.25, 0.3) is 0 Å². The molecule has 3 unspecified atom stereocenters. The van der Waals surface area contributed by atoms with Crippen LogP contribution in [0.3, 0.4) is 0 Å². The first-order valence-corrected chi connectivity index (χ1v) is 7.90. The van der Waals surface area contributed by atoms with Crippen molar-refractivity contribution in [2.24, 2.45) is 5.73 Å². The zero-order valence-electron chi connectivity index (χ0n) is 13.5. The van der Waals surface area contributed by atoms with E-state index >= 15 is 0 Å². The van der Waals surface area contributed by atoms with Crippen LogP contribution < -0.4 is 21.7 Å². The molecule has 0 aliphatic carbocycles. The van der Waals surface area contributed by atoms with Crippen LogP contribution in [-0.2, 0) is 24.0 Å². The van der Waals surface area contributed by atoms with Crippen LogP contribution in [-0.4, -0.2) is 70.3 Å². The van der Waals surface area contributed by atoms with E-state index < -0.39 is 54.3 Å². The highest BCUT2D eigenvalue weighted by molar-refractivity contribution is 7.80. The average molecular weight is 378 g/mol. The maximum Gasteiger partial charge on any atom is 0.322 e. The number of nitrogens with one attached hydrogen (secondary N) is 3. The molecule has 0 aliphatic heterocycles. The van der Waals surface area contributed by atoms with Crippen LogP contribution in [0, 0.1) is 0 Å². The predicted molar refractivity (Wildman–Crippen MR) is 88.9 cm³/mol. The minimum Gasteiger partial charge on any atom is -0.481 e. The number of carbonyl (C=O) groups excluding carboxylic acids is 3. The summed E-state index contributed by atoms with van der Waals surface area (Å²) in [5.41, 5.74) is 5.52. The first-order valence-electron chi connectivity index (χ1n) is 7.27. The summed E-state index contributed by atoms with van der Waals surface area (Å²) in [6, 6.07) is -3.22. The van der Waals surface area contributed by atoms with Crippen LogP contribution in [0.2, 0.25) is 0 Å². The standard InChI is InChI=1S/C13H22N4O7S/c1-6(16-12(23)7(14)2-3-9(18)19)11(22)17-8(5-25)13(24)15-4-10(20)21/h6-8,25H,2-5,14H2,1H3,(H,15,24)(H,16,23)(H,17,22)(H,18,19)(H,20,21). The van der Waals surface area contributed by atoms with E-state index in [0.29, 0.717) is 0 Å². The van der Waals surface area contributed by atoms with E-state index in [1.807, 2.05) is 0 Å². The number of nitrogens with two attached hydrogens (primary N) is 1. The molecule has 0 aliphatic rings. The van der Waals surface area contributed by atoms with Gasteiger partial charge in [0.05, 0.1) is 6.04 Å². The average Bonchev–Trinajstić information content (AvgIpc) is 2.54. The Bertz CT molecular complexity index is 529. The van der Waals surface area contributed by atoms with Crippen molar-refractivity contribution in [3.8, 4) is 0 Å². The molecule has 3 amide bonds. The number of carbonyl (C=O) groups is 5. The second-order valence-corrected chi connectivity index (χ2v) is 5.49. The van der Waals surface area contributed by atoms with Crippen molar-refractivity contribution in [1.82, 2.24) is 16.0 Å². The van der Waals surface area contributed by atoms with Gasteiger partial charge in [-0.25, -0.2) is 0 Å². The molecule has 11 nitrogen and oxygen atoms in total. The van der Waals surface area contributed by atoms with Crippen molar-refractivity contribution in [2.45, 2.75) is 37.9 Å². The quantitative estimate of drug-likeness (QED) is 0.189. The van der Waals surface area contributed by atoms with Crippen molar-refractivity contribution in [2.75, 3.05) is 12.3 Å². The molecule has 142 valence electrons. The highest BCUT2D eigenvalue weighted by Crippen LogP contribution is 1.97. The van der Waals surface area contributed by atoms with E-state index in [4.69, 9.17) is 15.9 Å². The maximum atomic E-state index is 12.0. The zero-order chi connectivity index (χ0) is 19.6. The van der Waals surface area contributed by atoms with Gasteiger partial charge in [-0.15, -0.1) is 0 Å². The van der Waals surface area contributed by atoms with Gasteiger partial charge in [0.1, 0.15) is 18.6 Å². The molecule has 7 N–H and O–H groups in total. The molecular formula is C13H22N4O7S. The second-order valence-electron chi connectivity index (χ2n) is 5.12. The highest BCUT2D eigenvalue weighted by Gasteiger charge is 2.25. The predicted octanol–water partition coefficient (Wildman–Crippen LogP) is -2.70. The van der Waals surface area contributed by atoms with Gasteiger partial charge in [0, 0.05) is 12.2 Å². The Balaban J connectivity index is 4.51. The number of amides is 3. The SMILES string of the molecule is CC(NC(=O)C(N)CCC(=O)O)C(=O)NC(CS)C(=O)NCC(=O)O. The molecule has 25 heavy (non-hydrogen) atoms. The maximum absolute atomic E-state index is 12.0. The molecule has 0 saturated carbocycles. The molecule has 0 rings (SSSR count). The van der Waals surface area contributed by atoms with Gasteiger partial charge in [0.25, 0.3) is 0 Å². The van der Waals surface area contributed by atoms with E-state index in [9.17, 15) is 24.0 Å². The summed E-state index contributed by atoms with van der Waals surface area (Å²) in [7, 11) is 0. The number of carboxylic acid groups (broad SMARTS) is 2. The zero-order valence-corrected chi connectivity index (χ0v) is 14.4. The monoisotopic (exact) mass is 378 g/mol. The van der Waals surface area contributed by atoms with E-state index in [1.54, 1.807) is 0 Å². The number of hydrogen-bond donors (Lipinski definition) is 7. The van der Waals surface area contributed by atoms with Crippen molar-refractivity contribution < 1.29 is 34.2 Å². The van der Waals surface area contributed by atoms with Gasteiger partial charge >= 0.3 is 11.9 Å². The van der Waals surface area contributed by atoms with E-state index in [-0.39, 0.29) is 18.6 Å². The Morgan fingerprint density at radius 1 is 1.00 bits per heavy atom. The lowest BCUT2D eigenvalue weighted by molar-refractivity contribution is -0.139. The normalized spacial score (nSPS) is 13.9. The number of hydrogen-bond acceptors (Lipinski definition) is 7. The molecular weight excluding hydrogens is 356 g/mol. The molecule has 12 heteroatoms. The Morgan fingerprint density at radius 2 is 1.60 bits per heavy atom. The van der Waals surface area contributed by atoms with Crippen LogP contribution in [0.15, 0.2) is 0 Å². The van der Waals surface area contributed by atoms with Crippen LogP contribution in [0.5, 0.6) is 0 Å². The Labute approximate surface area is 149 Å². The van der Waals surface area contributed by atoms with Crippen LogP contribution in [0.1, 0.15) is 19.8 Å². The topological polar surface area (TPSA) is 188 Å². The number of thiol groups is 1. The van der Waals surface area contributed by atoms with E-state index in [1.165, 1.54) is 6.92 Å². The molecule has 0 aromatic carbocycles. The van der Waals surface area contributed by atoms with Gasteiger partial charge in [-0.05, 0) is 13.3 Å². The minimum absolute atomic E-state index is 0.0873. The molecule has 0 spiro atoms. The lowest BCUT2D eigenvalue weighted by Crippen LogP contribution is -2.55. The summed E-state index contributed by atoms with van der Waals surface area (Å²) < 4.78 is 0. The Morgan fingerprint density at radius 3 is 2.08 bits per heavy atom. The lowest BCUT2D eigenvalue weighted by atomic mass is 10.1. The Hall–Kier alpha value is -2.34. The lowest BCUT2D eigenvalue weighted by Gasteiger charge is -2.20. The molecule has 0 saturated heterocycles. The number of carboxylic acids is 2. The van der Waals surface area contributed by atoms with Gasteiger partial charge < -0.3 is 31.9 Å². The van der Waals surface area contributed by atoms with Crippen LogP contribution >= 0.6 is 12.6 Å². The number of rotatable bonds is 11. The minimum atomic E-state index is -1.24. The van der Waals surface area contributed by atoms with Gasteiger partial charge in [-0.1, -0.05) is 0 Å². The van der Waals surface area contributed by atoms with E-state index in [2.05, 4.69) is 28.6 Å². The first-order chi connectivity index (χ1) is 11.6. The van der Waals surface area contributed by atoms with Gasteiger partial charge in [0.15, 0.2) is 0 Å². The third kappa shape index (κ3) is 9.52. The van der Waals surface area contributed by atoms with Gasteiger partial charge in [0.2, 0.25) is 17.7 Å². The van der Waals surface area contributed by atoms with E-state index in [0.717, 1.165) is 0 Å². The smallest absolute Gasteiger partial charge is 0.322 e. The molecule has 0 aromatic rings. The fourth-order valence-electron chi connectivity index (χ4n) is 1.57. The second kappa shape index (κ2) is 11.3. The largest absolute Gasteiger partial charge is 0.481 e. The third-order valence-corrected chi connectivity index (χ3v) is 3.35. The third-order valence-electron chi connectivity index (χ3n) is 2.99. The fraction of sp³-hybridized carbons (Fsp3) is 0.615. The summed E-state index contributed by atoms with van der Waals surface area (Å²) in [5, 5.41) is 23.8. The molecule has 3 atom stereocenters. The van der Waals surface area contributed by atoms with Gasteiger partial charge in [-0.2, -0.15) is 12.6 Å². The molecule has 0 fully saturated rings. The Kier molecular flexibility index (Phi) is 10.2. The van der Waals surface area contributed by atoms with Crippen molar-refractivity contribution in [1.29, 1.82) is 0 Å². The molecule has 0 bridgehead atoms. The summed E-state index contributed by atoms with van der Waals surface area (Å²) >= 11 is 3.91. The van der Waals surface area contributed by atoms with Crippen molar-refractivity contribution >= 4 is 42.3 Å². The molecule has 0 aromatic heterocycles. The summed E-state index contributed by atoms with van der Waals surface area (Å²) in [6.07, 6.45) is -0.382. The number of aliphatic carboxylic acids is 2. The first kappa shape index (κ1) is 22.7. The summed E-state index contributed by atoms with van der Waals surface area (Å²) in [4.78, 5) is 56.3. The van der Waals surface area contributed by atoms with Crippen molar-refractivity contribution in [3.05, 3.63) is 0 Å².